The average molecular weight is 172 g/mol. The first-order chi connectivity index (χ1) is 6.50. The molecule has 0 saturated carbocycles. The Labute approximate surface area is 80.7 Å². The Bertz CT molecular complexity index is 249. The molecule has 0 radical (unpaired) electrons. The molecule has 0 aliphatic heterocycles. The minimum absolute atomic E-state index is 1.04. The lowest BCUT2D eigenvalue weighted by Gasteiger charge is -1.84. The van der Waals surface area contributed by atoms with Crippen molar-refractivity contribution >= 4 is 0 Å². The fourth-order valence-corrected chi connectivity index (χ4v) is 1.07. The third-order valence-electron chi connectivity index (χ3n) is 1.77. The lowest BCUT2D eigenvalue weighted by Crippen LogP contribution is -1.64. The molecule has 0 aromatic heterocycles. The van der Waals surface area contributed by atoms with Gasteiger partial charge in [-0.25, -0.2) is 0 Å². The van der Waals surface area contributed by atoms with Crippen LogP contribution >= 0.6 is 0 Å². The van der Waals surface area contributed by atoms with Crippen LogP contribution in [0.25, 0.3) is 0 Å². The fraction of sp³-hybridized carbons (Fsp3) is 0.231. The molecule has 0 aromatic rings. The molecule has 1 aliphatic rings. The van der Waals surface area contributed by atoms with Gasteiger partial charge in [-0.2, -0.15) is 0 Å². The summed E-state index contributed by atoms with van der Waals surface area (Å²) in [6, 6.07) is 0. The van der Waals surface area contributed by atoms with E-state index in [-0.39, 0.29) is 0 Å². The van der Waals surface area contributed by atoms with Gasteiger partial charge in [0.1, 0.15) is 0 Å². The van der Waals surface area contributed by atoms with Gasteiger partial charge in [-0.05, 0) is 19.3 Å². The molecular weight excluding hydrogens is 156 g/mol. The zero-order valence-electron chi connectivity index (χ0n) is 7.89. The van der Waals surface area contributed by atoms with Crippen LogP contribution in [0.15, 0.2) is 60.8 Å². The number of hydrogen-bond acceptors (Lipinski definition) is 0. The van der Waals surface area contributed by atoms with Crippen molar-refractivity contribution < 1.29 is 0 Å². The second kappa shape index (κ2) is 7.35. The molecule has 0 atom stereocenters. The van der Waals surface area contributed by atoms with Crippen LogP contribution in [0.3, 0.4) is 0 Å². The predicted molar refractivity (Wildman–Crippen MR) is 59.6 cm³/mol. The summed E-state index contributed by atoms with van der Waals surface area (Å²) in [5.41, 5.74) is 0. The minimum Gasteiger partial charge on any atom is -0.0879 e. The van der Waals surface area contributed by atoms with E-state index < -0.39 is 0 Å². The Morgan fingerprint density at radius 1 is 0.462 bits per heavy atom. The van der Waals surface area contributed by atoms with Gasteiger partial charge in [-0.1, -0.05) is 60.8 Å². The molecule has 1 aliphatic carbocycles. The first-order valence-corrected chi connectivity index (χ1v) is 4.80. The minimum atomic E-state index is 1.04. The maximum absolute atomic E-state index is 2.24. The zero-order valence-corrected chi connectivity index (χ0v) is 7.89. The normalized spacial score (nSPS) is 27.7. The maximum Gasteiger partial charge on any atom is -0.0166 e. The Balaban J connectivity index is 2.50. The third-order valence-corrected chi connectivity index (χ3v) is 1.77. The van der Waals surface area contributed by atoms with E-state index in [9.17, 15) is 0 Å². The monoisotopic (exact) mass is 172 g/mol. The largest absolute Gasteiger partial charge is 0.0879 e. The van der Waals surface area contributed by atoms with E-state index in [4.69, 9.17) is 0 Å². The van der Waals surface area contributed by atoms with Crippen molar-refractivity contribution in [1.82, 2.24) is 0 Å². The van der Waals surface area contributed by atoms with Gasteiger partial charge in [0, 0.05) is 0 Å². The number of hydrogen-bond donors (Lipinski definition) is 0. The van der Waals surface area contributed by atoms with Crippen LogP contribution in [0.1, 0.15) is 19.3 Å². The Morgan fingerprint density at radius 2 is 1.08 bits per heavy atom. The fourth-order valence-electron chi connectivity index (χ4n) is 1.07. The highest BCUT2D eigenvalue weighted by Crippen LogP contribution is 1.96. The molecule has 0 unspecified atom stereocenters. The van der Waals surface area contributed by atoms with Crippen molar-refractivity contribution in [2.24, 2.45) is 0 Å². The van der Waals surface area contributed by atoms with E-state index in [1.54, 1.807) is 0 Å². The van der Waals surface area contributed by atoms with Crippen LogP contribution < -0.4 is 0 Å². The molecule has 68 valence electrons. The Morgan fingerprint density at radius 3 is 1.92 bits per heavy atom. The lowest BCUT2D eigenvalue weighted by molar-refractivity contribution is 1.04. The third kappa shape index (κ3) is 5.92. The quantitative estimate of drug-likeness (QED) is 0.485. The van der Waals surface area contributed by atoms with Gasteiger partial charge in [0.25, 0.3) is 0 Å². The van der Waals surface area contributed by atoms with Crippen molar-refractivity contribution in [3.63, 3.8) is 0 Å². The molecule has 0 aromatic carbocycles. The summed E-state index contributed by atoms with van der Waals surface area (Å²) < 4.78 is 0. The van der Waals surface area contributed by atoms with Crippen LogP contribution in [-0.4, -0.2) is 0 Å². The van der Waals surface area contributed by atoms with Crippen molar-refractivity contribution in [2.45, 2.75) is 19.3 Å². The van der Waals surface area contributed by atoms with E-state index in [0.717, 1.165) is 19.3 Å². The number of rotatable bonds is 0. The first-order valence-electron chi connectivity index (χ1n) is 4.80. The average Bonchev–Trinajstić information content (AvgIpc) is 2.18. The second-order valence-electron chi connectivity index (χ2n) is 2.91. The summed E-state index contributed by atoms with van der Waals surface area (Å²) in [7, 11) is 0. The van der Waals surface area contributed by atoms with Gasteiger partial charge in [0.15, 0.2) is 0 Å². The first kappa shape index (κ1) is 9.79. The molecule has 1 rings (SSSR count). The van der Waals surface area contributed by atoms with Gasteiger partial charge in [-0.15, -0.1) is 0 Å². The van der Waals surface area contributed by atoms with Crippen molar-refractivity contribution in [2.75, 3.05) is 0 Å². The molecule has 0 fully saturated rings. The highest BCUT2D eigenvalue weighted by Gasteiger charge is 1.76. The molecule has 0 nitrogen and oxygen atoms in total. The molecule has 0 spiro atoms. The molecule has 0 saturated heterocycles. The van der Waals surface area contributed by atoms with Gasteiger partial charge < -0.3 is 0 Å². The van der Waals surface area contributed by atoms with Crippen LogP contribution in [0.5, 0.6) is 0 Å². The standard InChI is InChI=1S/C13H16/c1-2-4-6-8-10-12-13-11-9-7-5-3-1/h1-8,11,13H,9-10,12H2/b3-1-,4-2+,7-5+,8-6-,13-11?. The number of allylic oxidation sites excluding steroid dienone is 10. The second-order valence-corrected chi connectivity index (χ2v) is 2.91. The maximum atomic E-state index is 2.24. The summed E-state index contributed by atoms with van der Waals surface area (Å²) >= 11 is 0. The van der Waals surface area contributed by atoms with E-state index in [2.05, 4.69) is 48.6 Å². The molecule has 0 amide bonds. The van der Waals surface area contributed by atoms with Crippen LogP contribution in [0, 0.1) is 0 Å². The van der Waals surface area contributed by atoms with Crippen molar-refractivity contribution in [3.05, 3.63) is 60.8 Å². The van der Waals surface area contributed by atoms with Crippen molar-refractivity contribution in [1.29, 1.82) is 0 Å². The van der Waals surface area contributed by atoms with E-state index in [1.807, 2.05) is 12.2 Å². The van der Waals surface area contributed by atoms with Crippen molar-refractivity contribution in [3.8, 4) is 0 Å². The predicted octanol–water partition coefficient (Wildman–Crippen LogP) is 3.95. The van der Waals surface area contributed by atoms with Crippen LogP contribution in [0.2, 0.25) is 0 Å². The van der Waals surface area contributed by atoms with Gasteiger partial charge in [0.2, 0.25) is 0 Å². The molecule has 0 N–H and O–H groups in total. The molecule has 0 bridgehead atoms. The molecular formula is C13H16. The zero-order chi connectivity index (χ0) is 9.19. The summed E-state index contributed by atoms with van der Waals surface area (Å²) in [6.45, 7) is 0. The van der Waals surface area contributed by atoms with Gasteiger partial charge in [0.05, 0.1) is 0 Å². The Hall–Kier alpha value is -1.30. The van der Waals surface area contributed by atoms with Gasteiger partial charge >= 0.3 is 0 Å². The Kier molecular flexibility index (Phi) is 5.54. The summed E-state index contributed by atoms with van der Waals surface area (Å²) in [5.74, 6) is 0. The SMILES string of the molecule is C1=CCC\C=C/C=C/C=C\C=C\C1. The highest BCUT2D eigenvalue weighted by atomic mass is 13.8. The van der Waals surface area contributed by atoms with E-state index in [0.29, 0.717) is 0 Å². The summed E-state index contributed by atoms with van der Waals surface area (Å²) in [4.78, 5) is 0. The molecule has 0 heteroatoms. The highest BCUT2D eigenvalue weighted by molar-refractivity contribution is 5.16. The lowest BCUT2D eigenvalue weighted by atomic mass is 10.2. The summed E-state index contributed by atoms with van der Waals surface area (Å²) in [6.07, 6.45) is 24.5. The van der Waals surface area contributed by atoms with E-state index >= 15 is 0 Å². The topological polar surface area (TPSA) is 0 Å². The van der Waals surface area contributed by atoms with Crippen LogP contribution in [-0.2, 0) is 0 Å². The summed E-state index contributed by atoms with van der Waals surface area (Å²) in [5, 5.41) is 0. The molecule has 13 heavy (non-hydrogen) atoms. The van der Waals surface area contributed by atoms with Gasteiger partial charge in [-0.3, -0.25) is 0 Å². The smallest absolute Gasteiger partial charge is 0.0166 e. The van der Waals surface area contributed by atoms with Crippen LogP contribution in [0.4, 0.5) is 0 Å². The van der Waals surface area contributed by atoms with E-state index in [1.165, 1.54) is 0 Å². The molecule has 0 heterocycles.